The van der Waals surface area contributed by atoms with Gasteiger partial charge in [0.25, 0.3) is 0 Å². The van der Waals surface area contributed by atoms with Crippen molar-refractivity contribution in [3.8, 4) is 0 Å². The molecule has 1 saturated carbocycles. The van der Waals surface area contributed by atoms with Gasteiger partial charge < -0.3 is 15.0 Å². The Labute approximate surface area is 155 Å². The van der Waals surface area contributed by atoms with Crippen molar-refractivity contribution in [3.05, 3.63) is 47.4 Å². The first kappa shape index (κ1) is 16.8. The monoisotopic (exact) mass is 371 g/mol. The standard InChI is InChI=1S/C18H18ClN5O2/c19-15-14-16(23-18(20)22-15)24(10-21-14)13-8-4-7-12(13)9-26-17(25)11-5-2-1-3-6-11/h1-3,5-6,10,12-13H,4,7-9H2,(H2,20,22,23)/t12-,13-/m1/s1. The van der Waals surface area contributed by atoms with Crippen LogP contribution in [0.1, 0.15) is 35.7 Å². The van der Waals surface area contributed by atoms with E-state index in [1.165, 1.54) is 0 Å². The predicted octanol–water partition coefficient (Wildman–Crippen LogP) is 3.26. The third-order valence-corrected chi connectivity index (χ3v) is 5.07. The smallest absolute Gasteiger partial charge is 0.338 e. The topological polar surface area (TPSA) is 95.9 Å². The van der Waals surface area contributed by atoms with Crippen molar-refractivity contribution < 1.29 is 9.53 Å². The van der Waals surface area contributed by atoms with Crippen LogP contribution in [-0.2, 0) is 4.74 Å². The molecule has 134 valence electrons. The third-order valence-electron chi connectivity index (χ3n) is 4.81. The molecule has 0 amide bonds. The number of hydrogen-bond acceptors (Lipinski definition) is 6. The largest absolute Gasteiger partial charge is 0.462 e. The Balaban J connectivity index is 1.53. The quantitative estimate of drug-likeness (QED) is 0.558. The third kappa shape index (κ3) is 3.10. The van der Waals surface area contributed by atoms with Gasteiger partial charge in [0, 0.05) is 12.0 Å². The Morgan fingerprint density at radius 2 is 2.08 bits per heavy atom. The van der Waals surface area contributed by atoms with Gasteiger partial charge in [-0.2, -0.15) is 9.97 Å². The second kappa shape index (κ2) is 6.92. The Morgan fingerprint density at radius 3 is 2.88 bits per heavy atom. The molecule has 2 N–H and O–H groups in total. The zero-order valence-corrected chi connectivity index (χ0v) is 14.8. The minimum Gasteiger partial charge on any atom is -0.462 e. The number of carbonyl (C=O) groups is 1. The van der Waals surface area contributed by atoms with Gasteiger partial charge in [0.2, 0.25) is 5.95 Å². The minimum atomic E-state index is -0.304. The maximum atomic E-state index is 12.2. The van der Waals surface area contributed by atoms with Crippen molar-refractivity contribution in [1.29, 1.82) is 0 Å². The molecule has 1 aliphatic rings. The van der Waals surface area contributed by atoms with Crippen molar-refractivity contribution in [2.24, 2.45) is 5.92 Å². The van der Waals surface area contributed by atoms with Crippen LogP contribution in [0.25, 0.3) is 11.2 Å². The summed E-state index contributed by atoms with van der Waals surface area (Å²) in [6.45, 7) is 0.354. The van der Waals surface area contributed by atoms with Gasteiger partial charge >= 0.3 is 5.97 Å². The SMILES string of the molecule is Nc1nc(Cl)c2ncn([C@@H]3CCC[C@@H]3COC(=O)c3ccccc3)c2n1. The van der Waals surface area contributed by atoms with Crippen LogP contribution in [0.2, 0.25) is 5.15 Å². The minimum absolute atomic E-state index is 0.120. The number of nitrogens with two attached hydrogens (primary N) is 1. The lowest BCUT2D eigenvalue weighted by Gasteiger charge is -2.21. The van der Waals surface area contributed by atoms with Crippen LogP contribution in [0.4, 0.5) is 5.95 Å². The summed E-state index contributed by atoms with van der Waals surface area (Å²) in [6, 6.07) is 9.14. The molecule has 1 aliphatic carbocycles. The first-order valence-electron chi connectivity index (χ1n) is 8.51. The maximum Gasteiger partial charge on any atom is 0.338 e. The summed E-state index contributed by atoms with van der Waals surface area (Å²) in [5.74, 6) is 0.00526. The van der Waals surface area contributed by atoms with Crippen molar-refractivity contribution in [2.75, 3.05) is 12.3 Å². The van der Waals surface area contributed by atoms with E-state index < -0.39 is 0 Å². The lowest BCUT2D eigenvalue weighted by molar-refractivity contribution is 0.0415. The van der Waals surface area contributed by atoms with E-state index in [2.05, 4.69) is 15.0 Å². The van der Waals surface area contributed by atoms with Crippen molar-refractivity contribution in [2.45, 2.75) is 25.3 Å². The van der Waals surface area contributed by atoms with E-state index in [1.807, 2.05) is 22.8 Å². The highest BCUT2D eigenvalue weighted by Crippen LogP contribution is 2.38. The van der Waals surface area contributed by atoms with Gasteiger partial charge in [0.15, 0.2) is 10.8 Å². The fourth-order valence-electron chi connectivity index (χ4n) is 3.56. The summed E-state index contributed by atoms with van der Waals surface area (Å²) in [4.78, 5) is 24.8. The number of carbonyl (C=O) groups excluding carboxylic acids is 1. The van der Waals surface area contributed by atoms with Crippen molar-refractivity contribution in [3.63, 3.8) is 0 Å². The summed E-state index contributed by atoms with van der Waals surface area (Å²) in [5.41, 5.74) is 7.44. The van der Waals surface area contributed by atoms with E-state index in [1.54, 1.807) is 18.5 Å². The van der Waals surface area contributed by atoms with E-state index in [0.717, 1.165) is 19.3 Å². The molecule has 0 unspecified atom stereocenters. The number of fused-ring (bicyclic) bond motifs is 1. The first-order valence-corrected chi connectivity index (χ1v) is 8.89. The zero-order valence-electron chi connectivity index (χ0n) is 14.0. The van der Waals surface area contributed by atoms with Gasteiger partial charge in [0.05, 0.1) is 18.5 Å². The zero-order chi connectivity index (χ0) is 18.1. The van der Waals surface area contributed by atoms with E-state index in [9.17, 15) is 4.79 Å². The summed E-state index contributed by atoms with van der Waals surface area (Å²) < 4.78 is 7.52. The van der Waals surface area contributed by atoms with Gasteiger partial charge in [-0.25, -0.2) is 9.78 Å². The molecule has 4 rings (SSSR count). The number of nitrogens with zero attached hydrogens (tertiary/aromatic N) is 4. The number of imidazole rings is 1. The second-order valence-electron chi connectivity index (χ2n) is 6.42. The number of anilines is 1. The van der Waals surface area contributed by atoms with E-state index in [-0.39, 0.29) is 29.0 Å². The molecule has 26 heavy (non-hydrogen) atoms. The van der Waals surface area contributed by atoms with Crippen LogP contribution < -0.4 is 5.73 Å². The molecule has 0 aliphatic heterocycles. The molecule has 0 spiro atoms. The average molecular weight is 372 g/mol. The van der Waals surface area contributed by atoms with Gasteiger partial charge in [-0.3, -0.25) is 0 Å². The van der Waals surface area contributed by atoms with Gasteiger partial charge in [-0.1, -0.05) is 36.2 Å². The molecule has 2 atom stereocenters. The van der Waals surface area contributed by atoms with Crippen LogP contribution >= 0.6 is 11.6 Å². The Kier molecular flexibility index (Phi) is 4.46. The van der Waals surface area contributed by atoms with E-state index in [4.69, 9.17) is 22.1 Å². The van der Waals surface area contributed by atoms with Crippen LogP contribution in [0.3, 0.4) is 0 Å². The molecule has 0 saturated heterocycles. The first-order chi connectivity index (χ1) is 12.6. The lowest BCUT2D eigenvalue weighted by Crippen LogP contribution is -2.20. The van der Waals surface area contributed by atoms with Crippen LogP contribution in [0, 0.1) is 5.92 Å². The molecule has 0 radical (unpaired) electrons. The lowest BCUT2D eigenvalue weighted by atomic mass is 10.0. The summed E-state index contributed by atoms with van der Waals surface area (Å²) in [5, 5.41) is 0.247. The van der Waals surface area contributed by atoms with Gasteiger partial charge in [0.1, 0.15) is 5.52 Å². The molecular weight excluding hydrogens is 354 g/mol. The fraction of sp³-hybridized carbons (Fsp3) is 0.333. The molecule has 0 bridgehead atoms. The van der Waals surface area contributed by atoms with Crippen molar-refractivity contribution >= 4 is 34.7 Å². The average Bonchev–Trinajstić information content (AvgIpc) is 3.26. The molecule has 7 nitrogen and oxygen atoms in total. The Hall–Kier alpha value is -2.67. The maximum absolute atomic E-state index is 12.2. The number of halogens is 1. The van der Waals surface area contributed by atoms with Gasteiger partial charge in [-0.15, -0.1) is 0 Å². The Morgan fingerprint density at radius 1 is 1.27 bits per heavy atom. The number of hydrogen-bond donors (Lipinski definition) is 1. The number of aromatic nitrogens is 4. The molecular formula is C18H18ClN5O2. The number of benzene rings is 1. The summed E-state index contributed by atoms with van der Waals surface area (Å²) in [7, 11) is 0. The molecule has 1 fully saturated rings. The van der Waals surface area contributed by atoms with Crippen LogP contribution in [0.15, 0.2) is 36.7 Å². The number of nitrogen functional groups attached to an aromatic ring is 1. The second-order valence-corrected chi connectivity index (χ2v) is 6.78. The molecule has 1 aromatic carbocycles. The van der Waals surface area contributed by atoms with Crippen LogP contribution in [0.5, 0.6) is 0 Å². The van der Waals surface area contributed by atoms with Crippen LogP contribution in [-0.4, -0.2) is 32.1 Å². The number of esters is 1. The highest BCUT2D eigenvalue weighted by Gasteiger charge is 2.31. The number of ether oxygens (including phenoxy) is 1. The molecule has 2 aromatic heterocycles. The van der Waals surface area contributed by atoms with Crippen molar-refractivity contribution in [1.82, 2.24) is 19.5 Å². The summed E-state index contributed by atoms with van der Waals surface area (Å²) in [6.07, 6.45) is 4.69. The highest BCUT2D eigenvalue weighted by molar-refractivity contribution is 6.33. The number of rotatable bonds is 4. The Bertz CT molecular complexity index is 943. The molecule has 3 aromatic rings. The summed E-state index contributed by atoms with van der Waals surface area (Å²) >= 11 is 6.11. The van der Waals surface area contributed by atoms with E-state index >= 15 is 0 Å². The normalized spacial score (nSPS) is 19.7. The molecule has 8 heteroatoms. The highest BCUT2D eigenvalue weighted by atomic mass is 35.5. The fourth-order valence-corrected chi connectivity index (χ4v) is 3.78. The van der Waals surface area contributed by atoms with E-state index in [0.29, 0.717) is 23.3 Å². The predicted molar refractivity (Wildman–Crippen MR) is 97.8 cm³/mol. The van der Waals surface area contributed by atoms with Gasteiger partial charge in [-0.05, 0) is 25.0 Å². The molecule has 2 heterocycles.